The molecular weight excluding hydrogens is 485 g/mol. The van der Waals surface area contributed by atoms with Crippen molar-refractivity contribution >= 4 is 27.6 Å². The Morgan fingerprint density at radius 2 is 1.43 bits per heavy atom. The lowest BCUT2D eigenvalue weighted by Crippen LogP contribution is -2.38. The molecule has 0 atom stereocenters. The topological polar surface area (TPSA) is 113 Å². The number of rotatable bonds is 7. The molecular formula is C24H29F3N2O5S. The molecule has 1 aliphatic rings. The minimum Gasteiger partial charge on any atom is -0.475 e. The van der Waals surface area contributed by atoms with Crippen LogP contribution in [0.2, 0.25) is 0 Å². The molecule has 35 heavy (non-hydrogen) atoms. The largest absolute Gasteiger partial charge is 0.490 e. The summed E-state index contributed by atoms with van der Waals surface area (Å²) in [6.45, 7) is 8.02. The first kappa shape index (κ1) is 28.2. The van der Waals surface area contributed by atoms with Crippen molar-refractivity contribution in [1.82, 2.24) is 5.32 Å². The first-order chi connectivity index (χ1) is 16.1. The summed E-state index contributed by atoms with van der Waals surface area (Å²) in [5.74, 6) is -2.37. The van der Waals surface area contributed by atoms with Gasteiger partial charge in [-0.1, -0.05) is 38.1 Å². The quantitative estimate of drug-likeness (QED) is 0.491. The second kappa shape index (κ2) is 10.7. The van der Waals surface area contributed by atoms with Crippen molar-refractivity contribution in [1.29, 1.82) is 0 Å². The van der Waals surface area contributed by atoms with E-state index in [1.54, 1.807) is 24.3 Å². The fourth-order valence-corrected chi connectivity index (χ4v) is 4.33. The summed E-state index contributed by atoms with van der Waals surface area (Å²) in [6, 6.07) is 14.1. The highest BCUT2D eigenvalue weighted by Crippen LogP contribution is 2.48. The zero-order chi connectivity index (χ0) is 26.6. The van der Waals surface area contributed by atoms with Crippen molar-refractivity contribution in [2.24, 2.45) is 0 Å². The van der Waals surface area contributed by atoms with Gasteiger partial charge in [-0.2, -0.15) is 13.2 Å². The average molecular weight is 515 g/mol. The number of carbonyl (C=O) groups excluding carboxylic acids is 1. The van der Waals surface area contributed by atoms with E-state index in [0.717, 1.165) is 24.0 Å². The third-order valence-corrected chi connectivity index (χ3v) is 6.79. The molecule has 0 aromatic heterocycles. The first-order valence-corrected chi connectivity index (χ1v) is 12.4. The Balaban J connectivity index is 0.000000540. The molecule has 0 unspecified atom stereocenters. The molecule has 1 fully saturated rings. The monoisotopic (exact) mass is 514 g/mol. The van der Waals surface area contributed by atoms with Gasteiger partial charge in [0, 0.05) is 11.7 Å². The van der Waals surface area contributed by atoms with E-state index in [9.17, 15) is 26.4 Å². The molecule has 0 aliphatic heterocycles. The molecule has 0 spiro atoms. The van der Waals surface area contributed by atoms with Crippen LogP contribution in [-0.2, 0) is 25.0 Å². The highest BCUT2D eigenvalue weighted by atomic mass is 32.2. The van der Waals surface area contributed by atoms with Crippen LogP contribution in [0.15, 0.2) is 53.4 Å². The highest BCUT2D eigenvalue weighted by Gasteiger charge is 2.51. The van der Waals surface area contributed by atoms with Crippen molar-refractivity contribution in [3.63, 3.8) is 0 Å². The van der Waals surface area contributed by atoms with Crippen LogP contribution >= 0.6 is 0 Å². The van der Waals surface area contributed by atoms with Crippen LogP contribution in [0.4, 0.5) is 18.9 Å². The fraction of sp³-hybridized carbons (Fsp3) is 0.417. The number of hydrogen-bond acceptors (Lipinski definition) is 4. The lowest BCUT2D eigenvalue weighted by Gasteiger charge is -2.18. The number of aliphatic carboxylic acids is 1. The molecule has 0 heterocycles. The molecule has 1 aliphatic carbocycles. The minimum absolute atomic E-state index is 0.0427. The van der Waals surface area contributed by atoms with Crippen molar-refractivity contribution in [3.05, 3.63) is 59.7 Å². The van der Waals surface area contributed by atoms with Crippen LogP contribution in [0, 0.1) is 0 Å². The Morgan fingerprint density at radius 1 is 0.943 bits per heavy atom. The number of carboxylic acids is 1. The van der Waals surface area contributed by atoms with Crippen molar-refractivity contribution in [2.75, 3.05) is 4.72 Å². The molecule has 0 radical (unpaired) electrons. The molecule has 11 heteroatoms. The third-order valence-electron chi connectivity index (χ3n) is 5.39. The summed E-state index contributed by atoms with van der Waals surface area (Å²) in [6.07, 6.45) is -3.45. The zero-order valence-corrected chi connectivity index (χ0v) is 20.6. The lowest BCUT2D eigenvalue weighted by molar-refractivity contribution is -0.192. The van der Waals surface area contributed by atoms with E-state index >= 15 is 0 Å². The SMILES string of the molecule is CC(C)NC(=O)C1(c2ccc(NS(=O)(=O)c3ccc(C(C)C)cc3)cc2)CC1.O=C(O)C(F)(F)F. The van der Waals surface area contributed by atoms with E-state index in [1.807, 2.05) is 38.1 Å². The Morgan fingerprint density at radius 3 is 1.80 bits per heavy atom. The van der Waals surface area contributed by atoms with Crippen molar-refractivity contribution in [2.45, 2.75) is 69.0 Å². The number of halogens is 3. The Hall–Kier alpha value is -3.08. The first-order valence-electron chi connectivity index (χ1n) is 10.9. The van der Waals surface area contributed by atoms with Gasteiger partial charge in [-0.15, -0.1) is 0 Å². The number of anilines is 1. The van der Waals surface area contributed by atoms with Gasteiger partial charge in [-0.3, -0.25) is 9.52 Å². The van der Waals surface area contributed by atoms with Crippen LogP contribution in [-0.4, -0.2) is 37.6 Å². The van der Waals surface area contributed by atoms with Crippen LogP contribution in [0.5, 0.6) is 0 Å². The molecule has 2 aromatic rings. The van der Waals surface area contributed by atoms with Crippen LogP contribution in [0.3, 0.4) is 0 Å². The number of amides is 1. The molecule has 7 nitrogen and oxygen atoms in total. The molecule has 0 bridgehead atoms. The molecule has 192 valence electrons. The van der Waals surface area contributed by atoms with E-state index in [4.69, 9.17) is 9.90 Å². The summed E-state index contributed by atoms with van der Waals surface area (Å²) in [4.78, 5) is 21.6. The molecule has 3 N–H and O–H groups in total. The van der Waals surface area contributed by atoms with Gasteiger partial charge in [0.2, 0.25) is 5.91 Å². The van der Waals surface area contributed by atoms with E-state index in [0.29, 0.717) is 11.6 Å². The standard InChI is InChI=1S/C22H28N2O3S.C2HF3O2/c1-15(2)17-5-11-20(12-6-17)28(26,27)24-19-9-7-18(8-10-19)22(13-14-22)21(25)23-16(3)4;3-2(4,5)1(6)7/h5-12,15-16,24H,13-14H2,1-4H3,(H,23,25);(H,6,7). The predicted octanol–water partition coefficient (Wildman–Crippen LogP) is 4.80. The lowest BCUT2D eigenvalue weighted by atomic mass is 9.94. The Bertz CT molecular complexity index is 1140. The maximum atomic E-state index is 12.6. The van der Waals surface area contributed by atoms with Gasteiger partial charge in [-0.05, 0) is 68.0 Å². The zero-order valence-electron chi connectivity index (χ0n) is 19.8. The second-order valence-electron chi connectivity index (χ2n) is 8.92. The summed E-state index contributed by atoms with van der Waals surface area (Å²) in [5, 5.41) is 10.1. The Kier molecular flexibility index (Phi) is 8.59. The van der Waals surface area contributed by atoms with Gasteiger partial charge in [0.05, 0.1) is 10.3 Å². The molecule has 1 saturated carbocycles. The third kappa shape index (κ3) is 7.45. The number of benzene rings is 2. The van der Waals surface area contributed by atoms with E-state index in [-0.39, 0.29) is 16.8 Å². The Labute approximate surface area is 202 Å². The number of alkyl halides is 3. The van der Waals surface area contributed by atoms with Crippen molar-refractivity contribution < 1.29 is 36.3 Å². The predicted molar refractivity (Wildman–Crippen MR) is 126 cm³/mol. The molecule has 3 rings (SSSR count). The van der Waals surface area contributed by atoms with Gasteiger partial charge in [0.25, 0.3) is 10.0 Å². The maximum absolute atomic E-state index is 12.6. The van der Waals surface area contributed by atoms with Crippen molar-refractivity contribution in [3.8, 4) is 0 Å². The van der Waals surface area contributed by atoms with Gasteiger partial charge < -0.3 is 10.4 Å². The summed E-state index contributed by atoms with van der Waals surface area (Å²) < 4.78 is 59.6. The van der Waals surface area contributed by atoms with Gasteiger partial charge in [0.1, 0.15) is 0 Å². The number of sulfonamides is 1. The summed E-state index contributed by atoms with van der Waals surface area (Å²) in [5.41, 5.74) is 2.04. The molecule has 2 aromatic carbocycles. The number of carbonyl (C=O) groups is 2. The molecule has 1 amide bonds. The highest BCUT2D eigenvalue weighted by molar-refractivity contribution is 7.92. The average Bonchev–Trinajstić information content (AvgIpc) is 3.55. The smallest absolute Gasteiger partial charge is 0.475 e. The van der Waals surface area contributed by atoms with Crippen LogP contribution < -0.4 is 10.0 Å². The van der Waals surface area contributed by atoms with Crippen LogP contribution in [0.25, 0.3) is 0 Å². The van der Waals surface area contributed by atoms with E-state index in [2.05, 4.69) is 23.9 Å². The van der Waals surface area contributed by atoms with Gasteiger partial charge in [0.15, 0.2) is 0 Å². The maximum Gasteiger partial charge on any atom is 0.490 e. The van der Waals surface area contributed by atoms with Gasteiger partial charge in [-0.25, -0.2) is 13.2 Å². The normalized spacial score (nSPS) is 14.7. The number of nitrogens with one attached hydrogen (secondary N) is 2. The second-order valence-corrected chi connectivity index (χ2v) is 10.6. The van der Waals surface area contributed by atoms with E-state index < -0.39 is 27.6 Å². The number of carboxylic acid groups (broad SMARTS) is 1. The number of hydrogen-bond donors (Lipinski definition) is 3. The van der Waals surface area contributed by atoms with Crippen LogP contribution in [0.1, 0.15) is 57.6 Å². The van der Waals surface area contributed by atoms with Gasteiger partial charge >= 0.3 is 12.1 Å². The summed E-state index contributed by atoms with van der Waals surface area (Å²) >= 11 is 0. The molecule has 0 saturated heterocycles. The fourth-order valence-electron chi connectivity index (χ4n) is 3.28. The minimum atomic E-state index is -5.08. The summed E-state index contributed by atoms with van der Waals surface area (Å²) in [7, 11) is -3.65. The van der Waals surface area contributed by atoms with E-state index in [1.165, 1.54) is 0 Å².